The van der Waals surface area contributed by atoms with Gasteiger partial charge < -0.3 is 14.0 Å². The number of hydrogen-bond acceptors (Lipinski definition) is 7. The van der Waals surface area contributed by atoms with Crippen molar-refractivity contribution in [3.63, 3.8) is 0 Å². The Hall–Kier alpha value is -3.89. The van der Waals surface area contributed by atoms with E-state index in [0.29, 0.717) is 17.2 Å². The van der Waals surface area contributed by atoms with E-state index in [0.717, 1.165) is 10.1 Å². The van der Waals surface area contributed by atoms with Crippen LogP contribution < -0.4 is 26.1 Å². The van der Waals surface area contributed by atoms with E-state index in [1.165, 1.54) is 36.7 Å². The minimum Gasteiger partial charge on any atom is -0.493 e. The number of nitrogens with one attached hydrogen (secondary N) is 1. The number of benzene rings is 1. The Labute approximate surface area is 171 Å². The molecule has 3 aromatic rings. The molecule has 0 aliphatic heterocycles. The minimum absolute atomic E-state index is 0.162. The van der Waals surface area contributed by atoms with Crippen molar-refractivity contribution in [3.8, 4) is 11.5 Å². The highest BCUT2D eigenvalue weighted by Gasteiger charge is 2.16. The zero-order valence-corrected chi connectivity index (χ0v) is 17.3. The fourth-order valence-electron chi connectivity index (χ4n) is 2.98. The van der Waals surface area contributed by atoms with Crippen LogP contribution in [-0.4, -0.2) is 44.5 Å². The second-order valence-electron chi connectivity index (χ2n) is 6.55. The Bertz CT molecular complexity index is 1270. The van der Waals surface area contributed by atoms with Crippen LogP contribution in [0.1, 0.15) is 12.5 Å². The van der Waals surface area contributed by atoms with E-state index in [4.69, 9.17) is 9.47 Å². The average molecular weight is 414 g/mol. The number of hydrazone groups is 1. The van der Waals surface area contributed by atoms with Gasteiger partial charge in [0.05, 0.1) is 26.3 Å². The fourth-order valence-corrected chi connectivity index (χ4v) is 2.98. The van der Waals surface area contributed by atoms with Crippen LogP contribution >= 0.6 is 0 Å². The molecule has 1 aromatic carbocycles. The number of carbonyl (C=O) groups is 1. The SMILES string of the molecule is COc1ccc(/C(C)=N\NC(=O)Cn2cnc3c2c(=O)n(C)c(=O)n3C)cc1OC. The van der Waals surface area contributed by atoms with Crippen LogP contribution in [0.2, 0.25) is 0 Å². The van der Waals surface area contributed by atoms with Gasteiger partial charge in [-0.05, 0) is 25.1 Å². The molecule has 158 valence electrons. The number of amides is 1. The Kier molecular flexibility index (Phi) is 5.72. The summed E-state index contributed by atoms with van der Waals surface area (Å²) in [6, 6.07) is 5.28. The van der Waals surface area contributed by atoms with Gasteiger partial charge in [0.1, 0.15) is 6.54 Å². The molecule has 0 saturated heterocycles. The normalized spacial score (nSPS) is 11.6. The van der Waals surface area contributed by atoms with Crippen molar-refractivity contribution in [3.05, 3.63) is 50.9 Å². The predicted molar refractivity (Wildman–Crippen MR) is 110 cm³/mol. The van der Waals surface area contributed by atoms with Gasteiger partial charge in [0, 0.05) is 19.7 Å². The number of imidazole rings is 1. The summed E-state index contributed by atoms with van der Waals surface area (Å²) in [6.07, 6.45) is 1.34. The Morgan fingerprint density at radius 1 is 1.13 bits per heavy atom. The third-order valence-corrected chi connectivity index (χ3v) is 4.68. The molecule has 0 fully saturated rings. The van der Waals surface area contributed by atoms with Gasteiger partial charge in [-0.1, -0.05) is 0 Å². The van der Waals surface area contributed by atoms with Crippen molar-refractivity contribution in [2.24, 2.45) is 19.2 Å². The summed E-state index contributed by atoms with van der Waals surface area (Å²) >= 11 is 0. The van der Waals surface area contributed by atoms with Gasteiger partial charge in [0.25, 0.3) is 11.5 Å². The molecule has 0 radical (unpaired) electrons. The van der Waals surface area contributed by atoms with Crippen molar-refractivity contribution in [1.82, 2.24) is 24.1 Å². The van der Waals surface area contributed by atoms with Crippen molar-refractivity contribution in [1.29, 1.82) is 0 Å². The molecule has 1 N–H and O–H groups in total. The lowest BCUT2D eigenvalue weighted by Crippen LogP contribution is -2.38. The van der Waals surface area contributed by atoms with Gasteiger partial charge in [-0.25, -0.2) is 15.2 Å². The van der Waals surface area contributed by atoms with E-state index in [-0.39, 0.29) is 17.7 Å². The van der Waals surface area contributed by atoms with Crippen LogP contribution in [0.4, 0.5) is 0 Å². The van der Waals surface area contributed by atoms with Crippen LogP contribution in [0.5, 0.6) is 11.5 Å². The number of carbonyl (C=O) groups excluding carboxylic acids is 1. The molecule has 2 heterocycles. The lowest BCUT2D eigenvalue weighted by atomic mass is 10.1. The monoisotopic (exact) mass is 414 g/mol. The summed E-state index contributed by atoms with van der Waals surface area (Å²) in [7, 11) is 5.96. The molecule has 0 aliphatic carbocycles. The molecule has 0 spiro atoms. The fraction of sp³-hybridized carbons (Fsp3) is 0.316. The highest BCUT2D eigenvalue weighted by atomic mass is 16.5. The lowest BCUT2D eigenvalue weighted by Gasteiger charge is -2.09. The molecule has 0 bridgehead atoms. The third-order valence-electron chi connectivity index (χ3n) is 4.68. The van der Waals surface area contributed by atoms with Crippen LogP contribution in [0.25, 0.3) is 11.2 Å². The van der Waals surface area contributed by atoms with Gasteiger partial charge in [0.15, 0.2) is 22.7 Å². The molecular weight excluding hydrogens is 392 g/mol. The Morgan fingerprint density at radius 2 is 1.83 bits per heavy atom. The molecule has 2 aromatic heterocycles. The quantitative estimate of drug-likeness (QED) is 0.447. The second kappa shape index (κ2) is 8.23. The molecule has 0 atom stereocenters. The van der Waals surface area contributed by atoms with Crippen molar-refractivity contribution >= 4 is 22.8 Å². The number of aromatic nitrogens is 4. The molecule has 11 nitrogen and oxygen atoms in total. The molecule has 3 rings (SSSR count). The average Bonchev–Trinajstić information content (AvgIpc) is 3.17. The Morgan fingerprint density at radius 3 is 2.50 bits per heavy atom. The molecule has 30 heavy (non-hydrogen) atoms. The lowest BCUT2D eigenvalue weighted by molar-refractivity contribution is -0.121. The van der Waals surface area contributed by atoms with E-state index in [2.05, 4.69) is 15.5 Å². The van der Waals surface area contributed by atoms with E-state index in [1.54, 1.807) is 32.2 Å². The molecule has 0 saturated carbocycles. The van der Waals surface area contributed by atoms with Crippen molar-refractivity contribution in [2.45, 2.75) is 13.5 Å². The van der Waals surface area contributed by atoms with E-state index in [1.807, 2.05) is 0 Å². The number of aryl methyl sites for hydroxylation is 1. The smallest absolute Gasteiger partial charge is 0.332 e. The summed E-state index contributed by atoms with van der Waals surface area (Å²) in [4.78, 5) is 40.9. The second-order valence-corrected chi connectivity index (χ2v) is 6.55. The maximum absolute atomic E-state index is 12.4. The molecule has 0 unspecified atom stereocenters. The summed E-state index contributed by atoms with van der Waals surface area (Å²) in [5.41, 5.74) is 3.11. The van der Waals surface area contributed by atoms with Crippen molar-refractivity contribution < 1.29 is 14.3 Å². The van der Waals surface area contributed by atoms with Gasteiger partial charge >= 0.3 is 5.69 Å². The molecule has 0 aliphatic rings. The summed E-state index contributed by atoms with van der Waals surface area (Å²) in [5.74, 6) is 0.674. The molecular formula is C19H22N6O5. The number of hydrogen-bond donors (Lipinski definition) is 1. The van der Waals surface area contributed by atoms with Crippen molar-refractivity contribution in [2.75, 3.05) is 14.2 Å². The third kappa shape index (κ3) is 3.69. The van der Waals surface area contributed by atoms with Gasteiger partial charge in [0.2, 0.25) is 0 Å². The van der Waals surface area contributed by atoms with Crippen LogP contribution in [-0.2, 0) is 25.4 Å². The van der Waals surface area contributed by atoms with Crippen LogP contribution in [0.15, 0.2) is 39.2 Å². The zero-order chi connectivity index (χ0) is 22.0. The maximum atomic E-state index is 12.4. The van der Waals surface area contributed by atoms with Gasteiger partial charge in [-0.15, -0.1) is 0 Å². The van der Waals surface area contributed by atoms with Gasteiger partial charge in [-0.2, -0.15) is 5.10 Å². The molecule has 1 amide bonds. The van der Waals surface area contributed by atoms with Crippen LogP contribution in [0, 0.1) is 0 Å². The first-order chi connectivity index (χ1) is 14.3. The summed E-state index contributed by atoms with van der Waals surface area (Å²) in [6.45, 7) is 1.55. The zero-order valence-electron chi connectivity index (χ0n) is 17.3. The number of rotatable bonds is 6. The van der Waals surface area contributed by atoms with E-state index in [9.17, 15) is 14.4 Å². The van der Waals surface area contributed by atoms with E-state index >= 15 is 0 Å². The standard InChI is InChI=1S/C19H22N6O5/c1-11(12-6-7-13(29-4)14(8-12)30-5)21-22-15(26)9-25-10-20-17-16(25)18(27)24(3)19(28)23(17)2/h6-8,10H,9H2,1-5H3,(H,22,26)/b21-11-. The first-order valence-corrected chi connectivity index (χ1v) is 8.94. The number of nitrogens with zero attached hydrogens (tertiary/aromatic N) is 5. The summed E-state index contributed by atoms with van der Waals surface area (Å²) in [5, 5.41) is 4.11. The predicted octanol–water partition coefficient (Wildman–Crippen LogP) is -0.00870. The number of ether oxygens (including phenoxy) is 2. The van der Waals surface area contributed by atoms with Crippen LogP contribution in [0.3, 0.4) is 0 Å². The number of methoxy groups -OCH3 is 2. The largest absolute Gasteiger partial charge is 0.493 e. The number of fused-ring (bicyclic) bond motifs is 1. The highest BCUT2D eigenvalue weighted by molar-refractivity contribution is 5.99. The maximum Gasteiger partial charge on any atom is 0.332 e. The van der Waals surface area contributed by atoms with E-state index < -0.39 is 17.2 Å². The highest BCUT2D eigenvalue weighted by Crippen LogP contribution is 2.27. The minimum atomic E-state index is -0.525. The van der Waals surface area contributed by atoms with Gasteiger partial charge in [-0.3, -0.25) is 18.7 Å². The summed E-state index contributed by atoms with van der Waals surface area (Å²) < 4.78 is 14.1. The molecule has 11 heteroatoms. The first-order valence-electron chi connectivity index (χ1n) is 8.94. The first kappa shape index (κ1) is 20.8. The topological polar surface area (TPSA) is 122 Å². The Balaban J connectivity index is 1.81.